The van der Waals surface area contributed by atoms with E-state index in [0.717, 1.165) is 6.07 Å². The molecule has 0 aliphatic rings. The molecule has 9 heteroatoms. The lowest BCUT2D eigenvalue weighted by molar-refractivity contribution is -0.386. The molecule has 0 aliphatic heterocycles. The van der Waals surface area contributed by atoms with Gasteiger partial charge in [-0.2, -0.15) is 0 Å². The summed E-state index contributed by atoms with van der Waals surface area (Å²) in [5, 5.41) is 15.9. The maximum absolute atomic E-state index is 11.3. The number of ether oxygens (including phenoxy) is 2. The van der Waals surface area contributed by atoms with Crippen LogP contribution in [0.3, 0.4) is 0 Å². The molecule has 0 heterocycles. The summed E-state index contributed by atoms with van der Waals surface area (Å²) < 4.78 is 32.5. The standard InChI is InChI=1S/C10H14N2O6S/c1-7-5-9(18-4-3-17-2)8(12(13)14)6-10(7)19(11,15)16/h5-6H,3-4H2,1-2H3,(H2,11,15,16). The Hall–Kier alpha value is -1.71. The molecule has 0 saturated carbocycles. The van der Waals surface area contributed by atoms with E-state index < -0.39 is 20.6 Å². The molecule has 0 radical (unpaired) electrons. The lowest BCUT2D eigenvalue weighted by Gasteiger charge is -2.09. The van der Waals surface area contributed by atoms with Gasteiger partial charge < -0.3 is 9.47 Å². The SMILES string of the molecule is COCCOc1cc(C)c(S(N)(=O)=O)cc1[N+](=O)[O-]. The van der Waals surface area contributed by atoms with Gasteiger partial charge in [0.1, 0.15) is 6.61 Å². The second-order valence-electron chi connectivity index (χ2n) is 3.73. The number of hydrogen-bond acceptors (Lipinski definition) is 6. The van der Waals surface area contributed by atoms with E-state index in [4.69, 9.17) is 14.6 Å². The van der Waals surface area contributed by atoms with Crippen molar-refractivity contribution in [2.45, 2.75) is 11.8 Å². The van der Waals surface area contributed by atoms with Gasteiger partial charge >= 0.3 is 5.69 Å². The first-order valence-corrected chi connectivity index (χ1v) is 6.75. The molecule has 0 aliphatic carbocycles. The molecule has 1 aromatic carbocycles. The van der Waals surface area contributed by atoms with Crippen molar-refractivity contribution in [2.75, 3.05) is 20.3 Å². The fourth-order valence-corrected chi connectivity index (χ4v) is 2.23. The van der Waals surface area contributed by atoms with Gasteiger partial charge in [0.15, 0.2) is 5.75 Å². The van der Waals surface area contributed by atoms with E-state index in [1.807, 2.05) is 0 Å². The fraction of sp³-hybridized carbons (Fsp3) is 0.400. The highest BCUT2D eigenvalue weighted by Gasteiger charge is 2.22. The first-order chi connectivity index (χ1) is 8.77. The highest BCUT2D eigenvalue weighted by Crippen LogP contribution is 2.32. The first kappa shape index (κ1) is 15.3. The Morgan fingerprint density at radius 1 is 1.37 bits per heavy atom. The Labute approximate surface area is 110 Å². The predicted molar refractivity (Wildman–Crippen MR) is 66.6 cm³/mol. The van der Waals surface area contributed by atoms with Gasteiger partial charge in [-0.05, 0) is 18.6 Å². The van der Waals surface area contributed by atoms with Crippen LogP contribution in [0, 0.1) is 17.0 Å². The Bertz CT molecular complexity index is 584. The summed E-state index contributed by atoms with van der Waals surface area (Å²) >= 11 is 0. The molecule has 0 atom stereocenters. The highest BCUT2D eigenvalue weighted by atomic mass is 32.2. The Morgan fingerprint density at radius 2 is 2.00 bits per heavy atom. The number of hydrogen-bond donors (Lipinski definition) is 1. The Morgan fingerprint density at radius 3 is 2.47 bits per heavy atom. The zero-order valence-electron chi connectivity index (χ0n) is 10.5. The van der Waals surface area contributed by atoms with Crippen LogP contribution in [-0.4, -0.2) is 33.7 Å². The molecule has 2 N–H and O–H groups in total. The summed E-state index contributed by atoms with van der Waals surface area (Å²) in [5.41, 5.74) is -0.175. The topological polar surface area (TPSA) is 122 Å². The van der Waals surface area contributed by atoms with Gasteiger partial charge in [-0.15, -0.1) is 0 Å². The minimum Gasteiger partial charge on any atom is -0.484 e. The van der Waals surface area contributed by atoms with Gasteiger partial charge in [-0.25, -0.2) is 13.6 Å². The first-order valence-electron chi connectivity index (χ1n) is 5.21. The molecule has 0 spiro atoms. The number of sulfonamides is 1. The Balaban J connectivity index is 3.26. The van der Waals surface area contributed by atoms with Crippen molar-refractivity contribution in [2.24, 2.45) is 5.14 Å². The number of rotatable bonds is 6. The summed E-state index contributed by atoms with van der Waals surface area (Å²) in [5.74, 6) is -0.0213. The number of aryl methyl sites for hydroxylation is 1. The number of nitro groups is 1. The van der Waals surface area contributed by atoms with Crippen LogP contribution in [-0.2, 0) is 14.8 Å². The largest absolute Gasteiger partial charge is 0.484 e. The van der Waals surface area contributed by atoms with Gasteiger partial charge in [-0.1, -0.05) is 0 Å². The van der Waals surface area contributed by atoms with Crippen molar-refractivity contribution in [1.29, 1.82) is 0 Å². The molecule has 1 aromatic rings. The minimum atomic E-state index is -4.02. The van der Waals surface area contributed by atoms with Crippen LogP contribution >= 0.6 is 0 Å². The molecule has 0 bridgehead atoms. The Kier molecular flexibility index (Phi) is 4.81. The third-order valence-corrected chi connectivity index (χ3v) is 3.36. The van der Waals surface area contributed by atoms with Gasteiger partial charge in [0.05, 0.1) is 16.4 Å². The monoisotopic (exact) mass is 290 g/mol. The number of methoxy groups -OCH3 is 1. The maximum atomic E-state index is 11.3. The molecule has 19 heavy (non-hydrogen) atoms. The molecule has 106 valence electrons. The molecule has 8 nitrogen and oxygen atoms in total. The molecule has 1 rings (SSSR count). The average Bonchev–Trinajstić information content (AvgIpc) is 2.27. The lowest BCUT2D eigenvalue weighted by atomic mass is 10.2. The second kappa shape index (κ2) is 5.95. The fourth-order valence-electron chi connectivity index (χ4n) is 1.45. The van der Waals surface area contributed by atoms with Gasteiger partial charge in [0.25, 0.3) is 0 Å². The summed E-state index contributed by atoms with van der Waals surface area (Å²) in [6.07, 6.45) is 0. The van der Waals surface area contributed by atoms with Crippen LogP contribution < -0.4 is 9.88 Å². The number of benzene rings is 1. The van der Waals surface area contributed by atoms with Crippen LogP contribution in [0.5, 0.6) is 5.75 Å². The molecule has 0 fully saturated rings. The number of nitrogens with two attached hydrogens (primary N) is 1. The normalized spacial score (nSPS) is 11.3. The van der Waals surface area contributed by atoms with Crippen LogP contribution in [0.2, 0.25) is 0 Å². The molecule has 0 saturated heterocycles. The van der Waals surface area contributed by atoms with Crippen LogP contribution in [0.4, 0.5) is 5.69 Å². The molecular weight excluding hydrogens is 276 g/mol. The van der Waals surface area contributed by atoms with E-state index in [1.165, 1.54) is 20.1 Å². The van der Waals surface area contributed by atoms with Crippen molar-refractivity contribution >= 4 is 15.7 Å². The van der Waals surface area contributed by atoms with E-state index in [2.05, 4.69) is 0 Å². The van der Waals surface area contributed by atoms with E-state index in [-0.39, 0.29) is 29.4 Å². The molecular formula is C10H14N2O6S. The van der Waals surface area contributed by atoms with Crippen molar-refractivity contribution in [1.82, 2.24) is 0 Å². The quantitative estimate of drug-likeness (QED) is 0.464. The van der Waals surface area contributed by atoms with Gasteiger partial charge in [-0.3, -0.25) is 10.1 Å². The molecule has 0 amide bonds. The van der Waals surface area contributed by atoms with Crippen LogP contribution in [0.1, 0.15) is 5.56 Å². The predicted octanol–water partition coefficient (Wildman–Crippen LogP) is 0.576. The summed E-state index contributed by atoms with van der Waals surface area (Å²) in [7, 11) is -2.55. The van der Waals surface area contributed by atoms with Crippen molar-refractivity contribution < 1.29 is 22.8 Å². The molecule has 0 aromatic heterocycles. The smallest absolute Gasteiger partial charge is 0.312 e. The third-order valence-electron chi connectivity index (χ3n) is 2.30. The van der Waals surface area contributed by atoms with E-state index >= 15 is 0 Å². The van der Waals surface area contributed by atoms with Crippen molar-refractivity contribution in [3.8, 4) is 5.75 Å². The second-order valence-corrected chi connectivity index (χ2v) is 5.26. The highest BCUT2D eigenvalue weighted by molar-refractivity contribution is 7.89. The van der Waals surface area contributed by atoms with Crippen molar-refractivity contribution in [3.05, 3.63) is 27.8 Å². The number of primary sulfonamides is 1. The summed E-state index contributed by atoms with van der Waals surface area (Å²) in [4.78, 5) is 9.88. The zero-order chi connectivity index (χ0) is 14.6. The summed E-state index contributed by atoms with van der Waals surface area (Å²) in [6.45, 7) is 1.85. The maximum Gasteiger partial charge on any atom is 0.312 e. The minimum absolute atomic E-state index is 0.0213. The van der Waals surface area contributed by atoms with E-state index in [0.29, 0.717) is 0 Å². The van der Waals surface area contributed by atoms with Crippen molar-refractivity contribution in [3.63, 3.8) is 0 Å². The number of nitrogens with zero attached hydrogens (tertiary/aromatic N) is 1. The van der Waals surface area contributed by atoms with E-state index in [1.54, 1.807) is 0 Å². The van der Waals surface area contributed by atoms with Gasteiger partial charge in [0, 0.05) is 13.2 Å². The average molecular weight is 290 g/mol. The third kappa shape index (κ3) is 3.88. The summed E-state index contributed by atoms with van der Waals surface area (Å²) in [6, 6.07) is 2.17. The van der Waals surface area contributed by atoms with Crippen LogP contribution in [0.15, 0.2) is 17.0 Å². The van der Waals surface area contributed by atoms with Gasteiger partial charge in [0.2, 0.25) is 10.0 Å². The van der Waals surface area contributed by atoms with E-state index in [9.17, 15) is 18.5 Å². The zero-order valence-corrected chi connectivity index (χ0v) is 11.3. The van der Waals surface area contributed by atoms with Crippen LogP contribution in [0.25, 0.3) is 0 Å². The lowest BCUT2D eigenvalue weighted by Crippen LogP contribution is -2.14. The molecule has 0 unspecified atom stereocenters. The number of nitro benzene ring substituents is 1.